The molecule has 1 aromatic rings. The van der Waals surface area contributed by atoms with Crippen molar-refractivity contribution >= 4 is 0 Å². The van der Waals surface area contributed by atoms with Gasteiger partial charge in [-0.2, -0.15) is 0 Å². The Morgan fingerprint density at radius 1 is 1.70 bits per heavy atom. The van der Waals surface area contributed by atoms with E-state index in [0.717, 1.165) is 12.8 Å². The van der Waals surface area contributed by atoms with Crippen LogP contribution in [0.1, 0.15) is 12.3 Å². The Kier molecular flexibility index (Phi) is 2.89. The average Bonchev–Trinajstić information content (AvgIpc) is 2.41. The normalized spacial score (nSPS) is 10.1. The fraction of sp³-hybridized carbons (Fsp3) is 0.500. The number of nitrogens with zero attached hydrogens (tertiary/aromatic N) is 2. The maximum absolute atomic E-state index is 4.88. The Hall–Kier alpha value is -0.900. The van der Waals surface area contributed by atoms with Crippen molar-refractivity contribution in [2.45, 2.75) is 12.8 Å². The lowest BCUT2D eigenvalue weighted by Crippen LogP contribution is -1.91. The molecule has 0 fully saturated rings. The third kappa shape index (κ3) is 2.14. The van der Waals surface area contributed by atoms with Gasteiger partial charge in [0.15, 0.2) is 0 Å². The van der Waals surface area contributed by atoms with Crippen LogP contribution in [0.3, 0.4) is 0 Å². The van der Waals surface area contributed by atoms with Gasteiger partial charge in [0.2, 0.25) is 12.3 Å². The van der Waals surface area contributed by atoms with Gasteiger partial charge in [0, 0.05) is 13.0 Å². The van der Waals surface area contributed by atoms with E-state index in [2.05, 4.69) is 22.0 Å². The summed E-state index contributed by atoms with van der Waals surface area (Å²) in [4.78, 5) is 0. The fourth-order valence-electron chi connectivity index (χ4n) is 0.630. The number of aryl methyl sites for hydroxylation is 1. The highest BCUT2D eigenvalue weighted by Crippen LogP contribution is 1.96. The van der Waals surface area contributed by atoms with Gasteiger partial charge in [-0.1, -0.05) is 0 Å². The monoisotopic (exact) mass is 141 g/mol. The highest BCUT2D eigenvalue weighted by molar-refractivity contribution is 4.71. The SMILES string of the molecule is [CH2]OCCCc1nnco1. The molecule has 0 unspecified atom stereocenters. The van der Waals surface area contributed by atoms with Crippen LogP contribution in [0.15, 0.2) is 10.8 Å². The van der Waals surface area contributed by atoms with E-state index in [0.29, 0.717) is 12.5 Å². The lowest BCUT2D eigenvalue weighted by molar-refractivity contribution is 0.234. The van der Waals surface area contributed by atoms with Crippen LogP contribution in [0.2, 0.25) is 0 Å². The molecule has 0 N–H and O–H groups in total. The maximum atomic E-state index is 4.88. The Morgan fingerprint density at radius 3 is 3.20 bits per heavy atom. The van der Waals surface area contributed by atoms with Crippen LogP contribution in [0, 0.1) is 7.11 Å². The summed E-state index contributed by atoms with van der Waals surface area (Å²) in [7, 11) is 3.24. The smallest absolute Gasteiger partial charge is 0.216 e. The summed E-state index contributed by atoms with van der Waals surface area (Å²) in [6.07, 6.45) is 2.95. The summed E-state index contributed by atoms with van der Waals surface area (Å²) in [6, 6.07) is 0. The zero-order valence-electron chi connectivity index (χ0n) is 5.62. The van der Waals surface area contributed by atoms with Crippen LogP contribution in [0.5, 0.6) is 0 Å². The van der Waals surface area contributed by atoms with Crippen molar-refractivity contribution in [1.29, 1.82) is 0 Å². The highest BCUT2D eigenvalue weighted by Gasteiger charge is 1.96. The van der Waals surface area contributed by atoms with Crippen molar-refractivity contribution in [1.82, 2.24) is 10.2 Å². The molecule has 0 aliphatic carbocycles. The Bertz CT molecular complexity index is 162. The first-order chi connectivity index (χ1) is 4.93. The van der Waals surface area contributed by atoms with Crippen LogP contribution in [-0.2, 0) is 11.2 Å². The molecular formula is C6H9N2O2. The molecule has 10 heavy (non-hydrogen) atoms. The molecule has 0 saturated carbocycles. The van der Waals surface area contributed by atoms with Crippen molar-refractivity contribution in [2.24, 2.45) is 0 Å². The minimum atomic E-state index is 0.627. The second-order valence-electron chi connectivity index (χ2n) is 1.84. The molecule has 0 spiro atoms. The molecule has 4 nitrogen and oxygen atoms in total. The van der Waals surface area contributed by atoms with E-state index >= 15 is 0 Å². The summed E-state index contributed by atoms with van der Waals surface area (Å²) in [5.41, 5.74) is 0. The second kappa shape index (κ2) is 4.00. The predicted octanol–water partition coefficient (Wildman–Crippen LogP) is 0.810. The zero-order valence-corrected chi connectivity index (χ0v) is 5.62. The van der Waals surface area contributed by atoms with Gasteiger partial charge >= 0.3 is 0 Å². The average molecular weight is 141 g/mol. The number of rotatable bonds is 4. The first-order valence-corrected chi connectivity index (χ1v) is 3.05. The summed E-state index contributed by atoms with van der Waals surface area (Å²) in [5, 5.41) is 7.22. The Labute approximate surface area is 59.2 Å². The zero-order chi connectivity index (χ0) is 7.23. The molecular weight excluding hydrogens is 132 g/mol. The van der Waals surface area contributed by atoms with Crippen LogP contribution in [0.25, 0.3) is 0 Å². The van der Waals surface area contributed by atoms with E-state index in [9.17, 15) is 0 Å². The molecule has 1 heterocycles. The lowest BCUT2D eigenvalue weighted by atomic mass is 10.3. The minimum Gasteiger partial charge on any atom is -0.428 e. The van der Waals surface area contributed by atoms with E-state index in [1.54, 1.807) is 0 Å². The van der Waals surface area contributed by atoms with Crippen LogP contribution in [0.4, 0.5) is 0 Å². The largest absolute Gasteiger partial charge is 0.428 e. The summed E-state index contributed by atoms with van der Waals surface area (Å²) < 4.78 is 9.48. The molecule has 1 rings (SSSR count). The minimum absolute atomic E-state index is 0.627. The molecule has 0 amide bonds. The van der Waals surface area contributed by atoms with Crippen LogP contribution >= 0.6 is 0 Å². The molecule has 55 valence electrons. The Morgan fingerprint density at radius 2 is 2.60 bits per heavy atom. The van der Waals surface area contributed by atoms with E-state index in [1.807, 2.05) is 0 Å². The van der Waals surface area contributed by atoms with Crippen molar-refractivity contribution in [2.75, 3.05) is 6.61 Å². The van der Waals surface area contributed by atoms with Crippen molar-refractivity contribution in [3.8, 4) is 0 Å². The van der Waals surface area contributed by atoms with Gasteiger partial charge in [-0.25, -0.2) is 0 Å². The summed E-state index contributed by atoms with van der Waals surface area (Å²) in [6.45, 7) is 0.627. The Balaban J connectivity index is 2.15. The van der Waals surface area contributed by atoms with Gasteiger partial charge in [-0.05, 0) is 6.42 Å². The number of aromatic nitrogens is 2. The lowest BCUT2D eigenvalue weighted by Gasteiger charge is -1.92. The van der Waals surface area contributed by atoms with Crippen molar-refractivity contribution in [3.05, 3.63) is 19.4 Å². The van der Waals surface area contributed by atoms with Gasteiger partial charge in [0.25, 0.3) is 0 Å². The van der Waals surface area contributed by atoms with Gasteiger partial charge < -0.3 is 9.15 Å². The van der Waals surface area contributed by atoms with Gasteiger partial charge in [-0.15, -0.1) is 10.2 Å². The van der Waals surface area contributed by atoms with E-state index in [-0.39, 0.29) is 0 Å². The summed E-state index contributed by atoms with van der Waals surface area (Å²) in [5.74, 6) is 0.650. The maximum Gasteiger partial charge on any atom is 0.216 e. The van der Waals surface area contributed by atoms with Gasteiger partial charge in [0.1, 0.15) is 0 Å². The fourth-order valence-corrected chi connectivity index (χ4v) is 0.630. The van der Waals surface area contributed by atoms with Crippen LogP contribution in [-0.4, -0.2) is 16.8 Å². The van der Waals surface area contributed by atoms with E-state index < -0.39 is 0 Å². The molecule has 0 aliphatic heterocycles. The number of hydrogen-bond donors (Lipinski definition) is 0. The molecule has 1 radical (unpaired) electrons. The molecule has 0 aromatic carbocycles. The quantitative estimate of drug-likeness (QED) is 0.582. The predicted molar refractivity (Wildman–Crippen MR) is 33.9 cm³/mol. The standard InChI is InChI=1S/C6H9N2O2/c1-9-4-2-3-6-8-7-5-10-6/h5H,1-4H2. The molecule has 0 bridgehead atoms. The molecule has 0 aliphatic rings. The third-order valence-electron chi connectivity index (χ3n) is 1.08. The van der Waals surface area contributed by atoms with E-state index in [1.165, 1.54) is 6.39 Å². The molecule has 0 saturated heterocycles. The third-order valence-corrected chi connectivity index (χ3v) is 1.08. The van der Waals surface area contributed by atoms with Crippen molar-refractivity contribution < 1.29 is 9.15 Å². The first kappa shape index (κ1) is 7.21. The van der Waals surface area contributed by atoms with Gasteiger partial charge in [0.05, 0.1) is 7.11 Å². The number of ether oxygens (including phenoxy) is 1. The van der Waals surface area contributed by atoms with Crippen LogP contribution < -0.4 is 0 Å². The molecule has 1 aromatic heterocycles. The topological polar surface area (TPSA) is 48.2 Å². The number of hydrogen-bond acceptors (Lipinski definition) is 4. The summed E-state index contributed by atoms with van der Waals surface area (Å²) >= 11 is 0. The molecule has 4 heteroatoms. The highest BCUT2D eigenvalue weighted by atomic mass is 16.5. The second-order valence-corrected chi connectivity index (χ2v) is 1.84. The van der Waals surface area contributed by atoms with Gasteiger partial charge in [-0.3, -0.25) is 0 Å². The molecule has 0 atom stereocenters. The van der Waals surface area contributed by atoms with Crippen molar-refractivity contribution in [3.63, 3.8) is 0 Å². The van der Waals surface area contributed by atoms with E-state index in [4.69, 9.17) is 4.42 Å². The first-order valence-electron chi connectivity index (χ1n) is 3.05.